The molecule has 1 aromatic carbocycles. The zero-order valence-corrected chi connectivity index (χ0v) is 10.3. The summed E-state index contributed by atoms with van der Waals surface area (Å²) in [6.45, 7) is 3.91. The molecule has 1 saturated carbocycles. The van der Waals surface area contributed by atoms with Crippen LogP contribution >= 0.6 is 0 Å². The van der Waals surface area contributed by atoms with Crippen molar-refractivity contribution >= 4 is 5.71 Å². The fourth-order valence-corrected chi connectivity index (χ4v) is 2.20. The Hall–Kier alpha value is -1.35. The second-order valence-electron chi connectivity index (χ2n) is 4.68. The highest BCUT2D eigenvalue weighted by molar-refractivity contribution is 5.79. The lowest BCUT2D eigenvalue weighted by atomic mass is 10.2. The lowest BCUT2D eigenvalue weighted by Gasteiger charge is -2.19. The molecule has 92 valence electrons. The molecule has 0 aromatic heterocycles. The van der Waals surface area contributed by atoms with E-state index in [1.807, 2.05) is 44.2 Å². The fourth-order valence-electron chi connectivity index (χ4n) is 2.20. The Bertz CT molecular complexity index is 384. The van der Waals surface area contributed by atoms with Gasteiger partial charge in [-0.25, -0.2) is 0 Å². The van der Waals surface area contributed by atoms with Gasteiger partial charge in [-0.3, -0.25) is 4.99 Å². The molecule has 0 bridgehead atoms. The van der Waals surface area contributed by atoms with Crippen LogP contribution in [0.1, 0.15) is 26.7 Å². The minimum atomic E-state index is -0.495. The first kappa shape index (κ1) is 12.1. The maximum absolute atomic E-state index is 10.1. The van der Waals surface area contributed by atoms with E-state index in [0.717, 1.165) is 24.3 Å². The lowest BCUT2D eigenvalue weighted by Crippen LogP contribution is -2.32. The van der Waals surface area contributed by atoms with Gasteiger partial charge in [-0.2, -0.15) is 0 Å². The summed E-state index contributed by atoms with van der Waals surface area (Å²) in [6.07, 6.45) is 1.12. The molecule has 0 radical (unpaired) electrons. The SMILES string of the molecule is CC(C)=N[C@@H]1CC[C@@H](Oc2ccccc2)[C@@H]1O. The molecule has 0 amide bonds. The molecule has 1 aromatic rings. The highest BCUT2D eigenvalue weighted by Gasteiger charge is 2.36. The Morgan fingerprint density at radius 1 is 1.24 bits per heavy atom. The van der Waals surface area contributed by atoms with Crippen molar-refractivity contribution < 1.29 is 9.84 Å². The largest absolute Gasteiger partial charge is 0.488 e. The number of aliphatic hydroxyl groups is 1. The van der Waals surface area contributed by atoms with Crippen LogP contribution in [0.4, 0.5) is 0 Å². The van der Waals surface area contributed by atoms with Crippen LogP contribution in [0.3, 0.4) is 0 Å². The zero-order chi connectivity index (χ0) is 12.3. The normalized spacial score (nSPS) is 27.8. The summed E-state index contributed by atoms with van der Waals surface area (Å²) in [7, 11) is 0. The molecule has 1 fully saturated rings. The minimum Gasteiger partial charge on any atom is -0.488 e. The average Bonchev–Trinajstić information content (AvgIpc) is 2.62. The number of ether oxygens (including phenoxy) is 1. The van der Waals surface area contributed by atoms with Crippen molar-refractivity contribution in [2.75, 3.05) is 0 Å². The van der Waals surface area contributed by atoms with Crippen molar-refractivity contribution in [1.29, 1.82) is 0 Å². The predicted molar refractivity (Wildman–Crippen MR) is 68.7 cm³/mol. The average molecular weight is 233 g/mol. The quantitative estimate of drug-likeness (QED) is 0.815. The van der Waals surface area contributed by atoms with Gasteiger partial charge < -0.3 is 9.84 Å². The molecule has 1 aliphatic carbocycles. The van der Waals surface area contributed by atoms with E-state index in [4.69, 9.17) is 4.74 Å². The Morgan fingerprint density at radius 2 is 1.94 bits per heavy atom. The van der Waals surface area contributed by atoms with Crippen LogP contribution in [0, 0.1) is 0 Å². The first-order valence-electron chi connectivity index (χ1n) is 6.07. The number of benzene rings is 1. The number of hydrogen-bond acceptors (Lipinski definition) is 3. The third kappa shape index (κ3) is 3.07. The van der Waals surface area contributed by atoms with Crippen LogP contribution in [-0.4, -0.2) is 29.1 Å². The van der Waals surface area contributed by atoms with E-state index < -0.39 is 6.10 Å². The van der Waals surface area contributed by atoms with E-state index in [-0.39, 0.29) is 12.1 Å². The summed E-state index contributed by atoms with van der Waals surface area (Å²) in [5.74, 6) is 0.814. The summed E-state index contributed by atoms with van der Waals surface area (Å²) in [5.41, 5.74) is 1.01. The summed E-state index contributed by atoms with van der Waals surface area (Å²) in [4.78, 5) is 4.44. The second-order valence-corrected chi connectivity index (χ2v) is 4.68. The van der Waals surface area contributed by atoms with Gasteiger partial charge in [0.15, 0.2) is 0 Å². The van der Waals surface area contributed by atoms with Gasteiger partial charge in [0.2, 0.25) is 0 Å². The van der Waals surface area contributed by atoms with E-state index in [0.29, 0.717) is 0 Å². The van der Waals surface area contributed by atoms with Gasteiger partial charge in [-0.05, 0) is 38.8 Å². The van der Waals surface area contributed by atoms with Crippen LogP contribution in [0.15, 0.2) is 35.3 Å². The predicted octanol–water partition coefficient (Wildman–Crippen LogP) is 2.44. The highest BCUT2D eigenvalue weighted by Crippen LogP contribution is 2.27. The first-order chi connectivity index (χ1) is 8.16. The Kier molecular flexibility index (Phi) is 3.79. The first-order valence-corrected chi connectivity index (χ1v) is 6.07. The summed E-state index contributed by atoms with van der Waals surface area (Å²) >= 11 is 0. The summed E-state index contributed by atoms with van der Waals surface area (Å²) in [5, 5.41) is 10.1. The number of hydrogen-bond donors (Lipinski definition) is 1. The van der Waals surface area contributed by atoms with Gasteiger partial charge in [-0.15, -0.1) is 0 Å². The standard InChI is InChI=1S/C14H19NO2/c1-10(2)15-12-8-9-13(14(12)16)17-11-6-4-3-5-7-11/h3-7,12-14,16H,8-9H2,1-2H3/t12-,13-,14-/m1/s1. The molecule has 3 nitrogen and oxygen atoms in total. The van der Waals surface area contributed by atoms with Crippen LogP contribution in [-0.2, 0) is 0 Å². The van der Waals surface area contributed by atoms with E-state index in [9.17, 15) is 5.11 Å². The number of aliphatic hydroxyl groups excluding tert-OH is 1. The maximum atomic E-state index is 10.1. The molecule has 0 aliphatic heterocycles. The third-order valence-electron chi connectivity index (χ3n) is 2.98. The van der Waals surface area contributed by atoms with Crippen molar-refractivity contribution in [3.63, 3.8) is 0 Å². The van der Waals surface area contributed by atoms with E-state index in [1.165, 1.54) is 0 Å². The molecule has 0 saturated heterocycles. The monoisotopic (exact) mass is 233 g/mol. The van der Waals surface area contributed by atoms with Gasteiger partial charge in [0.05, 0.1) is 6.04 Å². The molecular weight excluding hydrogens is 214 g/mol. The van der Waals surface area contributed by atoms with Gasteiger partial charge in [0, 0.05) is 5.71 Å². The second kappa shape index (κ2) is 5.32. The molecule has 17 heavy (non-hydrogen) atoms. The Labute approximate surface area is 102 Å². The van der Waals surface area contributed by atoms with Gasteiger partial charge >= 0.3 is 0 Å². The van der Waals surface area contributed by atoms with Crippen molar-refractivity contribution in [1.82, 2.24) is 0 Å². The number of nitrogens with zero attached hydrogens (tertiary/aromatic N) is 1. The Balaban J connectivity index is 1.98. The number of para-hydroxylation sites is 1. The molecule has 2 rings (SSSR count). The molecule has 3 heteroatoms. The molecule has 1 N–H and O–H groups in total. The Morgan fingerprint density at radius 3 is 2.59 bits per heavy atom. The molecule has 0 heterocycles. The van der Waals surface area contributed by atoms with Crippen molar-refractivity contribution in [2.24, 2.45) is 4.99 Å². The molecule has 0 spiro atoms. The fraction of sp³-hybridized carbons (Fsp3) is 0.500. The topological polar surface area (TPSA) is 41.8 Å². The molecule has 1 aliphatic rings. The third-order valence-corrected chi connectivity index (χ3v) is 2.98. The number of aliphatic imine (C=N–C) groups is 1. The lowest BCUT2D eigenvalue weighted by molar-refractivity contribution is 0.0525. The smallest absolute Gasteiger partial charge is 0.127 e. The molecule has 3 atom stereocenters. The summed E-state index contributed by atoms with van der Waals surface area (Å²) < 4.78 is 5.78. The molecule has 0 unspecified atom stereocenters. The van der Waals surface area contributed by atoms with Gasteiger partial charge in [-0.1, -0.05) is 18.2 Å². The van der Waals surface area contributed by atoms with Crippen molar-refractivity contribution in [3.05, 3.63) is 30.3 Å². The highest BCUT2D eigenvalue weighted by atomic mass is 16.5. The van der Waals surface area contributed by atoms with E-state index in [1.54, 1.807) is 0 Å². The van der Waals surface area contributed by atoms with Crippen LogP contribution in [0.25, 0.3) is 0 Å². The zero-order valence-electron chi connectivity index (χ0n) is 10.3. The minimum absolute atomic E-state index is 0.00582. The molecular formula is C14H19NO2. The van der Waals surface area contributed by atoms with Crippen LogP contribution in [0.2, 0.25) is 0 Å². The van der Waals surface area contributed by atoms with Crippen LogP contribution < -0.4 is 4.74 Å². The summed E-state index contributed by atoms with van der Waals surface area (Å²) in [6, 6.07) is 9.63. The van der Waals surface area contributed by atoms with E-state index in [2.05, 4.69) is 4.99 Å². The van der Waals surface area contributed by atoms with Crippen LogP contribution in [0.5, 0.6) is 5.75 Å². The van der Waals surface area contributed by atoms with Crippen molar-refractivity contribution in [3.8, 4) is 5.75 Å². The van der Waals surface area contributed by atoms with Gasteiger partial charge in [0.25, 0.3) is 0 Å². The van der Waals surface area contributed by atoms with Crippen molar-refractivity contribution in [2.45, 2.75) is 44.9 Å². The van der Waals surface area contributed by atoms with E-state index >= 15 is 0 Å². The van der Waals surface area contributed by atoms with Gasteiger partial charge in [0.1, 0.15) is 18.0 Å². The maximum Gasteiger partial charge on any atom is 0.127 e. The number of rotatable bonds is 3.